The fourth-order valence-electron chi connectivity index (χ4n) is 2.31. The second-order valence-corrected chi connectivity index (χ2v) is 4.17. The van der Waals surface area contributed by atoms with E-state index in [2.05, 4.69) is 30.3 Å². The molecule has 1 heterocycles. The number of benzene rings is 1. The van der Waals surface area contributed by atoms with Gasteiger partial charge in [0.15, 0.2) is 0 Å². The molecule has 1 aromatic carbocycles. The van der Waals surface area contributed by atoms with Crippen LogP contribution >= 0.6 is 0 Å². The molecule has 68 valence electrons. The van der Waals surface area contributed by atoms with Crippen LogP contribution in [0.4, 0.5) is 0 Å². The third-order valence-electron chi connectivity index (χ3n) is 3.48. The van der Waals surface area contributed by atoms with Gasteiger partial charge in [0.05, 0.1) is 6.61 Å². The van der Waals surface area contributed by atoms with Gasteiger partial charge in [0, 0.05) is 0 Å². The molecule has 1 nitrogen and oxygen atoms in total. The van der Waals surface area contributed by atoms with Gasteiger partial charge in [-0.25, -0.2) is 0 Å². The van der Waals surface area contributed by atoms with Crippen molar-refractivity contribution in [3.63, 3.8) is 0 Å². The molecule has 13 heavy (non-hydrogen) atoms. The summed E-state index contributed by atoms with van der Waals surface area (Å²) < 4.78 is 5.69. The standard InChI is InChI=1S/C12H14O/c1-2-5-10(6-3-1)12(9-13-12)11-7-4-8-11/h1-3,5-6,11H,4,7-9H2. The molecule has 0 spiro atoms. The Labute approximate surface area is 78.7 Å². The van der Waals surface area contributed by atoms with Gasteiger partial charge in [-0.15, -0.1) is 0 Å². The molecule has 1 aliphatic carbocycles. The van der Waals surface area contributed by atoms with Gasteiger partial charge in [-0.05, 0) is 24.3 Å². The Morgan fingerprint density at radius 1 is 1.15 bits per heavy atom. The van der Waals surface area contributed by atoms with Crippen molar-refractivity contribution in [3.8, 4) is 0 Å². The smallest absolute Gasteiger partial charge is 0.119 e. The summed E-state index contributed by atoms with van der Waals surface area (Å²) in [4.78, 5) is 0. The lowest BCUT2D eigenvalue weighted by Gasteiger charge is -2.31. The van der Waals surface area contributed by atoms with Crippen LogP contribution in [0.1, 0.15) is 24.8 Å². The second kappa shape index (κ2) is 2.58. The molecular weight excluding hydrogens is 160 g/mol. The van der Waals surface area contributed by atoms with Gasteiger partial charge in [-0.3, -0.25) is 0 Å². The molecule has 1 atom stereocenters. The molecule has 3 rings (SSSR count). The molecule has 0 radical (unpaired) electrons. The molecule has 0 bridgehead atoms. The van der Waals surface area contributed by atoms with E-state index in [9.17, 15) is 0 Å². The number of ether oxygens (including phenoxy) is 1. The van der Waals surface area contributed by atoms with Crippen molar-refractivity contribution in [2.24, 2.45) is 5.92 Å². The monoisotopic (exact) mass is 174 g/mol. The van der Waals surface area contributed by atoms with Crippen LogP contribution in [-0.2, 0) is 10.3 Å². The summed E-state index contributed by atoms with van der Waals surface area (Å²) in [5, 5.41) is 0. The van der Waals surface area contributed by atoms with E-state index in [1.165, 1.54) is 24.8 Å². The van der Waals surface area contributed by atoms with E-state index in [1.54, 1.807) is 0 Å². The van der Waals surface area contributed by atoms with Crippen molar-refractivity contribution in [1.82, 2.24) is 0 Å². The highest BCUT2D eigenvalue weighted by Gasteiger charge is 2.54. The molecule has 1 aliphatic heterocycles. The van der Waals surface area contributed by atoms with Crippen LogP contribution in [0.15, 0.2) is 30.3 Å². The summed E-state index contributed by atoms with van der Waals surface area (Å²) in [6, 6.07) is 10.7. The molecule has 1 unspecified atom stereocenters. The van der Waals surface area contributed by atoms with Gasteiger partial charge in [0.25, 0.3) is 0 Å². The molecule has 1 saturated carbocycles. The van der Waals surface area contributed by atoms with Gasteiger partial charge in [0.2, 0.25) is 0 Å². The van der Waals surface area contributed by atoms with Crippen LogP contribution in [0.25, 0.3) is 0 Å². The fraction of sp³-hybridized carbons (Fsp3) is 0.500. The van der Waals surface area contributed by atoms with Crippen molar-refractivity contribution in [1.29, 1.82) is 0 Å². The Morgan fingerprint density at radius 3 is 2.31 bits per heavy atom. The van der Waals surface area contributed by atoms with Crippen LogP contribution in [0.5, 0.6) is 0 Å². The van der Waals surface area contributed by atoms with E-state index in [0.29, 0.717) is 0 Å². The summed E-state index contributed by atoms with van der Waals surface area (Å²) in [5.74, 6) is 0.801. The van der Waals surface area contributed by atoms with Crippen LogP contribution < -0.4 is 0 Å². The maximum Gasteiger partial charge on any atom is 0.119 e. The zero-order valence-corrected chi connectivity index (χ0v) is 7.70. The predicted molar refractivity (Wildman–Crippen MR) is 51.4 cm³/mol. The van der Waals surface area contributed by atoms with Crippen LogP contribution in [0.2, 0.25) is 0 Å². The minimum atomic E-state index is 0.138. The molecule has 0 N–H and O–H groups in total. The number of hydrogen-bond acceptors (Lipinski definition) is 1. The van der Waals surface area contributed by atoms with Crippen molar-refractivity contribution in [2.75, 3.05) is 6.61 Å². The number of epoxide rings is 1. The highest BCUT2D eigenvalue weighted by molar-refractivity contribution is 5.28. The van der Waals surface area contributed by atoms with Crippen LogP contribution in [-0.4, -0.2) is 6.61 Å². The fourth-order valence-corrected chi connectivity index (χ4v) is 2.31. The lowest BCUT2D eigenvalue weighted by molar-refractivity contribution is 0.143. The topological polar surface area (TPSA) is 12.5 Å². The van der Waals surface area contributed by atoms with E-state index < -0.39 is 0 Å². The number of hydrogen-bond donors (Lipinski definition) is 0. The number of rotatable bonds is 2. The molecule has 1 saturated heterocycles. The van der Waals surface area contributed by atoms with Crippen LogP contribution in [0.3, 0.4) is 0 Å². The average molecular weight is 174 g/mol. The first kappa shape index (κ1) is 7.57. The maximum absolute atomic E-state index is 5.69. The molecule has 0 amide bonds. The van der Waals surface area contributed by atoms with Crippen molar-refractivity contribution in [2.45, 2.75) is 24.9 Å². The SMILES string of the molecule is c1ccc(C2(C3CCC3)CO2)cc1. The summed E-state index contributed by atoms with van der Waals surface area (Å²) in [5.41, 5.74) is 1.53. The first-order valence-corrected chi connectivity index (χ1v) is 5.11. The van der Waals surface area contributed by atoms with Crippen molar-refractivity contribution in [3.05, 3.63) is 35.9 Å². The average Bonchev–Trinajstić information content (AvgIpc) is 2.85. The van der Waals surface area contributed by atoms with Crippen LogP contribution in [0, 0.1) is 5.92 Å². The minimum Gasteiger partial charge on any atom is -0.364 e. The maximum atomic E-state index is 5.69. The quantitative estimate of drug-likeness (QED) is 0.628. The first-order chi connectivity index (χ1) is 6.42. The van der Waals surface area contributed by atoms with Gasteiger partial charge in [-0.1, -0.05) is 36.8 Å². The Kier molecular flexibility index (Phi) is 1.50. The third-order valence-corrected chi connectivity index (χ3v) is 3.48. The second-order valence-electron chi connectivity index (χ2n) is 4.17. The zero-order chi connectivity index (χ0) is 8.73. The Morgan fingerprint density at radius 2 is 1.85 bits per heavy atom. The molecule has 0 aromatic heterocycles. The first-order valence-electron chi connectivity index (χ1n) is 5.11. The van der Waals surface area contributed by atoms with E-state index in [0.717, 1.165) is 12.5 Å². The molecule has 2 aliphatic rings. The molecular formula is C12H14O. The van der Waals surface area contributed by atoms with Crippen molar-refractivity contribution >= 4 is 0 Å². The van der Waals surface area contributed by atoms with Gasteiger partial charge >= 0.3 is 0 Å². The minimum absolute atomic E-state index is 0.138. The normalized spacial score (nSPS) is 32.6. The summed E-state index contributed by atoms with van der Waals surface area (Å²) in [6.45, 7) is 0.946. The molecule has 1 aromatic rings. The lowest BCUT2D eigenvalue weighted by Crippen LogP contribution is -2.28. The van der Waals surface area contributed by atoms with Gasteiger partial charge < -0.3 is 4.74 Å². The van der Waals surface area contributed by atoms with Crippen molar-refractivity contribution < 1.29 is 4.74 Å². The van der Waals surface area contributed by atoms with E-state index in [-0.39, 0.29) is 5.60 Å². The summed E-state index contributed by atoms with van der Waals surface area (Å²) in [6.07, 6.45) is 4.10. The Bertz CT molecular complexity index is 296. The van der Waals surface area contributed by atoms with E-state index >= 15 is 0 Å². The zero-order valence-electron chi connectivity index (χ0n) is 7.70. The molecule has 2 fully saturated rings. The van der Waals surface area contributed by atoms with E-state index in [1.807, 2.05) is 0 Å². The van der Waals surface area contributed by atoms with Gasteiger partial charge in [-0.2, -0.15) is 0 Å². The largest absolute Gasteiger partial charge is 0.364 e. The summed E-state index contributed by atoms with van der Waals surface area (Å²) in [7, 11) is 0. The highest BCUT2D eigenvalue weighted by Crippen LogP contribution is 2.53. The Balaban J connectivity index is 1.91. The lowest BCUT2D eigenvalue weighted by atomic mass is 9.73. The Hall–Kier alpha value is -0.820. The van der Waals surface area contributed by atoms with E-state index in [4.69, 9.17) is 4.74 Å². The highest BCUT2D eigenvalue weighted by atomic mass is 16.6. The third kappa shape index (κ3) is 1.03. The molecule has 1 heteroatoms. The summed E-state index contributed by atoms with van der Waals surface area (Å²) >= 11 is 0. The predicted octanol–water partition coefficient (Wildman–Crippen LogP) is 2.71. The van der Waals surface area contributed by atoms with Gasteiger partial charge in [0.1, 0.15) is 5.60 Å².